The summed E-state index contributed by atoms with van der Waals surface area (Å²) in [6.45, 7) is 3.73. The first-order chi connectivity index (χ1) is 11.4. The van der Waals surface area contributed by atoms with Crippen molar-refractivity contribution in [2.75, 3.05) is 30.9 Å². The fraction of sp³-hybridized carbons (Fsp3) is 0.158. The molecule has 0 heterocycles. The smallest absolute Gasteiger partial charge is 0.242 e. The van der Waals surface area contributed by atoms with Crippen LogP contribution in [0, 0.1) is 10.1 Å². The quantitative estimate of drug-likeness (QED) is 0.595. The minimum Gasteiger partial charge on any atom is -0.378 e. The van der Waals surface area contributed by atoms with E-state index in [1.54, 1.807) is 6.20 Å². The van der Waals surface area contributed by atoms with Gasteiger partial charge in [-0.2, -0.15) is 0 Å². The maximum Gasteiger partial charge on any atom is 0.242 e. The van der Waals surface area contributed by atoms with Gasteiger partial charge in [-0.15, -0.1) is 0 Å². The van der Waals surface area contributed by atoms with E-state index in [4.69, 9.17) is 0 Å². The summed E-state index contributed by atoms with van der Waals surface area (Å²) in [6, 6.07) is 15.3. The molecule has 0 atom stereocenters. The summed E-state index contributed by atoms with van der Waals surface area (Å²) in [7, 11) is 5.81. The lowest BCUT2D eigenvalue weighted by Gasteiger charge is -2.15. The fourth-order valence-corrected chi connectivity index (χ4v) is 2.34. The molecule has 0 N–H and O–H groups in total. The van der Waals surface area contributed by atoms with Gasteiger partial charge in [0.25, 0.3) is 0 Å². The summed E-state index contributed by atoms with van der Waals surface area (Å²) in [5, 5.41) is 11.1. The largest absolute Gasteiger partial charge is 0.378 e. The zero-order valence-electron chi connectivity index (χ0n) is 14.1. The third-order valence-electron chi connectivity index (χ3n) is 3.79. The van der Waals surface area contributed by atoms with Crippen LogP contribution in [0.1, 0.15) is 11.1 Å². The lowest BCUT2D eigenvalue weighted by Crippen LogP contribution is -2.08. The maximum atomic E-state index is 11.1. The Morgan fingerprint density at radius 3 is 1.79 bits per heavy atom. The molecule has 0 saturated carbocycles. The van der Waals surface area contributed by atoms with Gasteiger partial charge >= 0.3 is 0 Å². The van der Waals surface area contributed by atoms with Crippen molar-refractivity contribution in [1.82, 2.24) is 0 Å². The topological polar surface area (TPSA) is 49.6 Å². The van der Waals surface area contributed by atoms with Crippen molar-refractivity contribution in [3.63, 3.8) is 0 Å². The normalized spacial score (nSPS) is 11.0. The Bertz CT molecular complexity index is 747. The number of anilines is 2. The SMILES string of the molecule is C=CN(C)c1ccc(/C(=C/[N+](=O)[O-])c2ccc(N(C)C)cc2)cc1. The van der Waals surface area contributed by atoms with E-state index in [-0.39, 0.29) is 0 Å². The van der Waals surface area contributed by atoms with Crippen LogP contribution in [-0.4, -0.2) is 26.1 Å². The van der Waals surface area contributed by atoms with E-state index in [0.29, 0.717) is 5.57 Å². The summed E-state index contributed by atoms with van der Waals surface area (Å²) in [6.07, 6.45) is 2.76. The third kappa shape index (κ3) is 4.01. The second kappa shape index (κ2) is 7.46. The second-order valence-corrected chi connectivity index (χ2v) is 5.61. The fourth-order valence-electron chi connectivity index (χ4n) is 2.34. The molecule has 0 fully saturated rings. The molecule has 0 radical (unpaired) electrons. The Morgan fingerprint density at radius 1 is 0.958 bits per heavy atom. The molecule has 0 bridgehead atoms. The molecule has 0 saturated heterocycles. The van der Waals surface area contributed by atoms with E-state index in [9.17, 15) is 10.1 Å². The highest BCUT2D eigenvalue weighted by atomic mass is 16.6. The van der Waals surface area contributed by atoms with E-state index in [0.717, 1.165) is 28.7 Å². The average Bonchev–Trinajstić information content (AvgIpc) is 2.59. The predicted molar refractivity (Wildman–Crippen MR) is 99.9 cm³/mol. The van der Waals surface area contributed by atoms with Gasteiger partial charge in [-0.05, 0) is 41.6 Å². The van der Waals surface area contributed by atoms with Crippen LogP contribution >= 0.6 is 0 Å². The van der Waals surface area contributed by atoms with Crippen LogP contribution in [0.4, 0.5) is 11.4 Å². The zero-order valence-corrected chi connectivity index (χ0v) is 14.1. The van der Waals surface area contributed by atoms with Gasteiger partial charge < -0.3 is 9.80 Å². The van der Waals surface area contributed by atoms with Crippen LogP contribution in [0.15, 0.2) is 67.5 Å². The molecule has 124 valence electrons. The molecular weight excluding hydrogens is 302 g/mol. The molecule has 5 nitrogen and oxygen atoms in total. The Morgan fingerprint density at radius 2 is 1.42 bits per heavy atom. The average molecular weight is 323 g/mol. The molecule has 2 aromatic rings. The Labute approximate surface area is 142 Å². The van der Waals surface area contributed by atoms with E-state index >= 15 is 0 Å². The van der Waals surface area contributed by atoms with Crippen molar-refractivity contribution in [1.29, 1.82) is 0 Å². The molecule has 24 heavy (non-hydrogen) atoms. The number of hydrogen-bond acceptors (Lipinski definition) is 4. The van der Waals surface area contributed by atoms with Gasteiger partial charge in [-0.25, -0.2) is 0 Å². The van der Waals surface area contributed by atoms with Crippen LogP contribution in [0.5, 0.6) is 0 Å². The van der Waals surface area contributed by atoms with Crippen LogP contribution in [-0.2, 0) is 0 Å². The van der Waals surface area contributed by atoms with Gasteiger partial charge in [-0.3, -0.25) is 10.1 Å². The van der Waals surface area contributed by atoms with Crippen LogP contribution in [0.25, 0.3) is 5.57 Å². The van der Waals surface area contributed by atoms with Crippen molar-refractivity contribution < 1.29 is 4.92 Å². The summed E-state index contributed by atoms with van der Waals surface area (Å²) in [4.78, 5) is 14.5. The van der Waals surface area contributed by atoms with Crippen LogP contribution in [0.3, 0.4) is 0 Å². The standard InChI is InChI=1S/C19H21N3O2/c1-5-21(4)18-12-8-16(9-13-18)19(14-22(23)24)15-6-10-17(11-7-15)20(2)3/h5-14H,1H2,2-4H3/b19-14+. The summed E-state index contributed by atoms with van der Waals surface area (Å²) in [5.41, 5.74) is 4.20. The van der Waals surface area contributed by atoms with Crippen LogP contribution in [0.2, 0.25) is 0 Å². The summed E-state index contributed by atoms with van der Waals surface area (Å²) in [5.74, 6) is 0. The van der Waals surface area contributed by atoms with Gasteiger partial charge in [0.2, 0.25) is 6.20 Å². The first-order valence-electron chi connectivity index (χ1n) is 7.51. The highest BCUT2D eigenvalue weighted by Crippen LogP contribution is 2.27. The minimum absolute atomic E-state index is 0.418. The second-order valence-electron chi connectivity index (χ2n) is 5.61. The molecule has 0 aliphatic heterocycles. The van der Waals surface area contributed by atoms with Crippen molar-refractivity contribution >= 4 is 16.9 Å². The molecule has 5 heteroatoms. The number of nitrogens with zero attached hydrogens (tertiary/aromatic N) is 3. The first-order valence-corrected chi connectivity index (χ1v) is 7.51. The summed E-state index contributed by atoms with van der Waals surface area (Å²) >= 11 is 0. The predicted octanol–water partition coefficient (Wildman–Crippen LogP) is 4.00. The van der Waals surface area contributed by atoms with E-state index in [2.05, 4.69) is 6.58 Å². The summed E-state index contributed by atoms with van der Waals surface area (Å²) < 4.78 is 0. The van der Waals surface area contributed by atoms with Gasteiger partial charge in [0.1, 0.15) is 0 Å². The monoisotopic (exact) mass is 323 g/mol. The lowest BCUT2D eigenvalue weighted by molar-refractivity contribution is -0.401. The molecule has 0 aromatic heterocycles. The van der Waals surface area contributed by atoms with Gasteiger partial charge in [0, 0.05) is 32.5 Å². The molecular formula is C19H21N3O2. The molecule has 0 spiro atoms. The van der Waals surface area contributed by atoms with Crippen molar-refractivity contribution in [3.8, 4) is 0 Å². The number of hydrogen-bond donors (Lipinski definition) is 0. The highest BCUT2D eigenvalue weighted by Gasteiger charge is 2.11. The molecule has 2 rings (SSSR count). The molecule has 0 amide bonds. The van der Waals surface area contributed by atoms with Crippen molar-refractivity contribution in [2.24, 2.45) is 0 Å². The van der Waals surface area contributed by atoms with Gasteiger partial charge in [0.15, 0.2) is 0 Å². The number of benzene rings is 2. The van der Waals surface area contributed by atoms with E-state index < -0.39 is 4.92 Å². The molecule has 2 aromatic carbocycles. The number of rotatable bonds is 6. The minimum atomic E-state index is -0.418. The lowest BCUT2D eigenvalue weighted by atomic mass is 9.98. The molecule has 0 aliphatic rings. The van der Waals surface area contributed by atoms with Crippen LogP contribution < -0.4 is 9.80 Å². The Hall–Kier alpha value is -3.08. The number of nitro groups is 1. The zero-order chi connectivity index (χ0) is 17.7. The Balaban J connectivity index is 2.42. The molecule has 0 unspecified atom stereocenters. The Kier molecular flexibility index (Phi) is 5.37. The van der Waals surface area contributed by atoms with Crippen molar-refractivity contribution in [2.45, 2.75) is 0 Å². The van der Waals surface area contributed by atoms with Gasteiger partial charge in [-0.1, -0.05) is 30.8 Å². The van der Waals surface area contributed by atoms with E-state index in [1.807, 2.05) is 79.5 Å². The first kappa shape index (κ1) is 17.3. The van der Waals surface area contributed by atoms with Gasteiger partial charge in [0.05, 0.1) is 10.5 Å². The van der Waals surface area contributed by atoms with E-state index in [1.165, 1.54) is 0 Å². The van der Waals surface area contributed by atoms with Crippen molar-refractivity contribution in [3.05, 3.63) is 88.8 Å². The molecule has 0 aliphatic carbocycles. The third-order valence-corrected chi connectivity index (χ3v) is 3.79. The highest BCUT2D eigenvalue weighted by molar-refractivity contribution is 5.80. The maximum absolute atomic E-state index is 11.1.